The molecule has 0 radical (unpaired) electrons. The normalized spacial score (nSPS) is 18.0. The highest BCUT2D eigenvalue weighted by atomic mass is 16.1. The number of aromatic amines is 1. The van der Waals surface area contributed by atoms with E-state index >= 15 is 0 Å². The van der Waals surface area contributed by atoms with Crippen LogP contribution in [0.25, 0.3) is 5.65 Å². The standard InChI is InChI=1S/C11H14N4O/c16-9-3-6-15-10(7-9)13-14-11(15)8-1-4-12-5-2-8/h3,6-8,12-13H,1-2,4-5H2. The minimum absolute atomic E-state index is 0.0144. The van der Waals surface area contributed by atoms with Gasteiger partial charge in [-0.25, -0.2) is 0 Å². The van der Waals surface area contributed by atoms with Gasteiger partial charge in [0.1, 0.15) is 11.5 Å². The molecule has 0 aromatic carbocycles. The maximum Gasteiger partial charge on any atom is 0.183 e. The van der Waals surface area contributed by atoms with Crippen LogP contribution in [-0.4, -0.2) is 27.7 Å². The third-order valence-corrected chi connectivity index (χ3v) is 3.16. The molecule has 1 aliphatic heterocycles. The molecule has 3 heterocycles. The predicted octanol–water partition coefficient (Wildman–Crippen LogP) is 0.490. The summed E-state index contributed by atoms with van der Waals surface area (Å²) < 4.78 is 1.98. The molecule has 0 bridgehead atoms. The predicted molar refractivity (Wildman–Crippen MR) is 60.7 cm³/mol. The number of aromatic nitrogens is 3. The first-order valence-electron chi connectivity index (χ1n) is 5.62. The van der Waals surface area contributed by atoms with Gasteiger partial charge in [-0.15, -0.1) is 0 Å². The molecule has 2 aromatic heterocycles. The van der Waals surface area contributed by atoms with Crippen LogP contribution in [0.3, 0.4) is 0 Å². The van der Waals surface area contributed by atoms with Crippen molar-refractivity contribution in [1.29, 1.82) is 0 Å². The Bertz CT molecular complexity index is 550. The molecule has 5 nitrogen and oxygen atoms in total. The first-order chi connectivity index (χ1) is 7.84. The van der Waals surface area contributed by atoms with Crippen molar-refractivity contribution in [2.75, 3.05) is 13.1 Å². The van der Waals surface area contributed by atoms with Crippen LogP contribution < -0.4 is 10.7 Å². The molecule has 1 saturated heterocycles. The van der Waals surface area contributed by atoms with Crippen molar-refractivity contribution in [1.82, 2.24) is 19.9 Å². The van der Waals surface area contributed by atoms with E-state index in [-0.39, 0.29) is 5.43 Å². The molecular weight excluding hydrogens is 204 g/mol. The van der Waals surface area contributed by atoms with Crippen LogP contribution in [0.2, 0.25) is 0 Å². The van der Waals surface area contributed by atoms with E-state index in [1.807, 2.05) is 4.40 Å². The Morgan fingerprint density at radius 3 is 3.00 bits per heavy atom. The topological polar surface area (TPSA) is 62.2 Å². The lowest BCUT2D eigenvalue weighted by molar-refractivity contribution is 0.442. The van der Waals surface area contributed by atoms with Crippen LogP contribution in [-0.2, 0) is 0 Å². The number of nitrogens with one attached hydrogen (secondary N) is 2. The average molecular weight is 218 g/mol. The van der Waals surface area contributed by atoms with Crippen LogP contribution in [0.15, 0.2) is 23.1 Å². The minimum atomic E-state index is 0.0144. The van der Waals surface area contributed by atoms with Gasteiger partial charge in [-0.2, -0.15) is 5.10 Å². The molecule has 2 N–H and O–H groups in total. The lowest BCUT2D eigenvalue weighted by Crippen LogP contribution is -2.27. The van der Waals surface area contributed by atoms with Crippen LogP contribution in [0.4, 0.5) is 0 Å². The largest absolute Gasteiger partial charge is 0.317 e. The van der Waals surface area contributed by atoms with E-state index in [1.165, 1.54) is 0 Å². The average Bonchev–Trinajstić information content (AvgIpc) is 2.73. The number of fused-ring (bicyclic) bond motifs is 1. The van der Waals surface area contributed by atoms with Crippen molar-refractivity contribution >= 4 is 5.65 Å². The molecule has 1 fully saturated rings. The third-order valence-electron chi connectivity index (χ3n) is 3.16. The molecule has 0 unspecified atom stereocenters. The van der Waals surface area contributed by atoms with E-state index in [0.29, 0.717) is 5.92 Å². The smallest absolute Gasteiger partial charge is 0.183 e. The summed E-state index contributed by atoms with van der Waals surface area (Å²) in [6.45, 7) is 2.08. The monoisotopic (exact) mass is 218 g/mol. The summed E-state index contributed by atoms with van der Waals surface area (Å²) in [6, 6.07) is 3.16. The molecule has 16 heavy (non-hydrogen) atoms. The van der Waals surface area contributed by atoms with Crippen molar-refractivity contribution < 1.29 is 0 Å². The Morgan fingerprint density at radius 1 is 1.38 bits per heavy atom. The fraction of sp³-hybridized carbons (Fsp3) is 0.455. The molecule has 3 rings (SSSR count). The second-order valence-corrected chi connectivity index (χ2v) is 4.22. The molecule has 0 amide bonds. The van der Waals surface area contributed by atoms with Crippen molar-refractivity contribution in [3.63, 3.8) is 0 Å². The first kappa shape index (κ1) is 9.59. The Labute approximate surface area is 92.5 Å². The van der Waals surface area contributed by atoms with Crippen LogP contribution in [0, 0.1) is 0 Å². The zero-order valence-electron chi connectivity index (χ0n) is 8.94. The van der Waals surface area contributed by atoms with Crippen molar-refractivity contribution in [3.8, 4) is 0 Å². The Balaban J connectivity index is 2.06. The minimum Gasteiger partial charge on any atom is -0.317 e. The zero-order valence-corrected chi connectivity index (χ0v) is 8.94. The van der Waals surface area contributed by atoms with Crippen molar-refractivity contribution in [2.45, 2.75) is 18.8 Å². The maximum atomic E-state index is 11.2. The summed E-state index contributed by atoms with van der Waals surface area (Å²) in [5.41, 5.74) is 0.793. The van der Waals surface area contributed by atoms with Crippen molar-refractivity contribution in [3.05, 3.63) is 34.4 Å². The molecule has 0 atom stereocenters. The number of hydrogen-bond donors (Lipinski definition) is 2. The van der Waals surface area contributed by atoms with Gasteiger partial charge in [0.15, 0.2) is 5.43 Å². The molecule has 5 heteroatoms. The van der Waals surface area contributed by atoms with Crippen molar-refractivity contribution in [2.24, 2.45) is 0 Å². The zero-order chi connectivity index (χ0) is 11.0. The van der Waals surface area contributed by atoms with Gasteiger partial charge in [0.25, 0.3) is 0 Å². The highest BCUT2D eigenvalue weighted by molar-refractivity contribution is 5.37. The summed E-state index contributed by atoms with van der Waals surface area (Å²) in [5, 5.41) is 10.6. The van der Waals surface area contributed by atoms with E-state index in [4.69, 9.17) is 0 Å². The van der Waals surface area contributed by atoms with Crippen LogP contribution in [0.5, 0.6) is 0 Å². The highest BCUT2D eigenvalue weighted by Gasteiger charge is 2.19. The van der Waals surface area contributed by atoms with E-state index < -0.39 is 0 Å². The molecule has 84 valence electrons. The number of H-pyrrole nitrogens is 1. The summed E-state index contributed by atoms with van der Waals surface area (Å²) in [4.78, 5) is 11.2. The number of pyridine rings is 1. The number of rotatable bonds is 1. The van der Waals surface area contributed by atoms with Gasteiger partial charge < -0.3 is 5.32 Å². The molecule has 1 aliphatic rings. The Morgan fingerprint density at radius 2 is 2.19 bits per heavy atom. The summed E-state index contributed by atoms with van der Waals surface area (Å²) >= 11 is 0. The van der Waals surface area contributed by atoms with Gasteiger partial charge in [0.05, 0.1) is 0 Å². The van der Waals surface area contributed by atoms with Gasteiger partial charge in [-0.05, 0) is 25.9 Å². The van der Waals surface area contributed by atoms with E-state index in [9.17, 15) is 4.79 Å². The van der Waals surface area contributed by atoms with Gasteiger partial charge in [0, 0.05) is 24.2 Å². The van der Waals surface area contributed by atoms with Gasteiger partial charge in [-0.3, -0.25) is 14.3 Å². The van der Waals surface area contributed by atoms with E-state index in [0.717, 1.165) is 37.4 Å². The van der Waals surface area contributed by atoms with Gasteiger partial charge >= 0.3 is 0 Å². The SMILES string of the molecule is O=c1ccn2c(C3CCNCC3)n[nH]c2c1. The Hall–Kier alpha value is -1.62. The lowest BCUT2D eigenvalue weighted by Gasteiger charge is -2.20. The van der Waals surface area contributed by atoms with Crippen LogP contribution >= 0.6 is 0 Å². The number of nitrogens with zero attached hydrogens (tertiary/aromatic N) is 2. The molecule has 0 saturated carbocycles. The second-order valence-electron chi connectivity index (χ2n) is 4.22. The quantitative estimate of drug-likeness (QED) is 0.732. The Kier molecular flexibility index (Phi) is 2.25. The highest BCUT2D eigenvalue weighted by Crippen LogP contribution is 2.23. The fourth-order valence-electron chi connectivity index (χ4n) is 2.30. The van der Waals surface area contributed by atoms with Gasteiger partial charge in [0.2, 0.25) is 0 Å². The molecule has 0 spiro atoms. The number of hydrogen-bond acceptors (Lipinski definition) is 3. The summed E-state index contributed by atoms with van der Waals surface area (Å²) in [5.74, 6) is 1.52. The van der Waals surface area contributed by atoms with Crippen LogP contribution in [0.1, 0.15) is 24.6 Å². The van der Waals surface area contributed by atoms with E-state index in [2.05, 4.69) is 15.5 Å². The molecule has 2 aromatic rings. The third kappa shape index (κ3) is 1.53. The summed E-state index contributed by atoms with van der Waals surface area (Å²) in [7, 11) is 0. The molecule has 0 aliphatic carbocycles. The molecular formula is C11H14N4O. The van der Waals surface area contributed by atoms with Gasteiger partial charge in [-0.1, -0.05) is 0 Å². The maximum absolute atomic E-state index is 11.2. The summed E-state index contributed by atoms with van der Waals surface area (Å²) in [6.07, 6.45) is 4.01. The lowest BCUT2D eigenvalue weighted by atomic mass is 9.97. The van der Waals surface area contributed by atoms with E-state index in [1.54, 1.807) is 18.3 Å². The fourth-order valence-corrected chi connectivity index (χ4v) is 2.30. The number of piperidine rings is 1. The first-order valence-corrected chi connectivity index (χ1v) is 5.62. The second kappa shape index (κ2) is 3.75.